The molecule has 0 aromatic carbocycles. The van der Waals surface area contributed by atoms with Gasteiger partial charge in [0, 0.05) is 12.4 Å². The average Bonchev–Trinajstić information content (AvgIpc) is 2.95. The van der Waals surface area contributed by atoms with E-state index in [1.807, 2.05) is 12.1 Å². The van der Waals surface area contributed by atoms with E-state index in [1.165, 1.54) is 12.8 Å². The van der Waals surface area contributed by atoms with Crippen molar-refractivity contribution in [3.05, 3.63) is 30.4 Å². The Bertz CT molecular complexity index is 541. The molecule has 1 aliphatic carbocycles. The molecule has 2 heterocycles. The highest BCUT2D eigenvalue weighted by atomic mass is 16.5. The van der Waals surface area contributed by atoms with Crippen molar-refractivity contribution in [2.75, 3.05) is 0 Å². The highest BCUT2D eigenvalue weighted by Crippen LogP contribution is 2.26. The first kappa shape index (κ1) is 13.2. The van der Waals surface area contributed by atoms with Crippen LogP contribution >= 0.6 is 0 Å². The molecule has 0 bridgehead atoms. The highest BCUT2D eigenvalue weighted by molar-refractivity contribution is 5.49. The number of hydrogen-bond donors (Lipinski definition) is 0. The maximum Gasteiger partial charge on any atom is 0.249 e. The second kappa shape index (κ2) is 6.13. The van der Waals surface area contributed by atoms with Gasteiger partial charge in [0.2, 0.25) is 11.8 Å². The van der Waals surface area contributed by atoms with Crippen LogP contribution in [0.1, 0.15) is 38.5 Å². The summed E-state index contributed by atoms with van der Waals surface area (Å²) >= 11 is 0. The van der Waals surface area contributed by atoms with Crippen molar-refractivity contribution in [1.82, 2.24) is 15.2 Å². The third-order valence-electron chi connectivity index (χ3n) is 3.71. The molecule has 5 heteroatoms. The Morgan fingerprint density at radius 2 is 2.30 bits per heavy atom. The van der Waals surface area contributed by atoms with Crippen LogP contribution in [-0.4, -0.2) is 21.3 Å². The minimum atomic E-state index is 0.326. The van der Waals surface area contributed by atoms with Crippen LogP contribution in [0, 0.1) is 5.92 Å². The monoisotopic (exact) mass is 273 g/mol. The van der Waals surface area contributed by atoms with Crippen LogP contribution in [0.3, 0.4) is 0 Å². The second-order valence-corrected chi connectivity index (χ2v) is 5.45. The molecule has 0 spiro atoms. The van der Waals surface area contributed by atoms with E-state index in [9.17, 15) is 0 Å². The van der Waals surface area contributed by atoms with Crippen molar-refractivity contribution >= 4 is 0 Å². The molecule has 106 valence electrons. The third-order valence-corrected chi connectivity index (χ3v) is 3.71. The number of nitrogens with zero attached hydrogens (tertiary/aromatic N) is 3. The van der Waals surface area contributed by atoms with Crippen LogP contribution in [0.15, 0.2) is 28.9 Å². The van der Waals surface area contributed by atoms with Crippen LogP contribution in [0.5, 0.6) is 0 Å². The summed E-state index contributed by atoms with van der Waals surface area (Å²) in [5.74, 6) is 1.78. The minimum absolute atomic E-state index is 0.326. The van der Waals surface area contributed by atoms with Crippen molar-refractivity contribution in [1.29, 1.82) is 0 Å². The predicted octanol–water partition coefficient (Wildman–Crippen LogP) is 3.23. The Hall–Kier alpha value is -1.75. The lowest BCUT2D eigenvalue weighted by molar-refractivity contribution is -0.00444. The van der Waals surface area contributed by atoms with Gasteiger partial charge >= 0.3 is 0 Å². The summed E-state index contributed by atoms with van der Waals surface area (Å²) < 4.78 is 11.5. The maximum atomic E-state index is 5.88. The van der Waals surface area contributed by atoms with Gasteiger partial charge in [0.25, 0.3) is 0 Å². The molecule has 1 aliphatic rings. The van der Waals surface area contributed by atoms with Crippen LogP contribution in [0.2, 0.25) is 0 Å². The van der Waals surface area contributed by atoms with Crippen molar-refractivity contribution in [3.63, 3.8) is 0 Å². The van der Waals surface area contributed by atoms with Crippen LogP contribution in [0.25, 0.3) is 11.5 Å². The predicted molar refractivity (Wildman–Crippen MR) is 73.7 cm³/mol. The Balaban J connectivity index is 1.58. The summed E-state index contributed by atoms with van der Waals surface area (Å²) in [7, 11) is 0. The zero-order chi connectivity index (χ0) is 13.8. The molecule has 0 unspecified atom stereocenters. The Labute approximate surface area is 118 Å². The fourth-order valence-electron chi connectivity index (χ4n) is 2.64. The van der Waals surface area contributed by atoms with Crippen LogP contribution < -0.4 is 0 Å². The van der Waals surface area contributed by atoms with Gasteiger partial charge in [-0.25, -0.2) is 0 Å². The van der Waals surface area contributed by atoms with Gasteiger partial charge in [-0.2, -0.15) is 0 Å². The molecule has 5 nitrogen and oxygen atoms in total. The molecule has 1 saturated carbocycles. The molecule has 0 N–H and O–H groups in total. The molecule has 2 aromatic rings. The third kappa shape index (κ3) is 3.22. The molecule has 2 atom stereocenters. The molecular weight excluding hydrogens is 254 g/mol. The summed E-state index contributed by atoms with van der Waals surface area (Å²) in [6.45, 7) is 2.67. The van der Waals surface area contributed by atoms with Gasteiger partial charge < -0.3 is 9.15 Å². The normalized spacial score (nSPS) is 22.9. The van der Waals surface area contributed by atoms with E-state index in [0.717, 1.165) is 24.3 Å². The lowest BCUT2D eigenvalue weighted by Gasteiger charge is -2.26. The largest absolute Gasteiger partial charge is 0.418 e. The van der Waals surface area contributed by atoms with E-state index in [1.54, 1.807) is 12.4 Å². The zero-order valence-electron chi connectivity index (χ0n) is 11.7. The first-order chi connectivity index (χ1) is 9.81. The van der Waals surface area contributed by atoms with Crippen LogP contribution in [0.4, 0.5) is 0 Å². The quantitative estimate of drug-likeness (QED) is 0.855. The van der Waals surface area contributed by atoms with Gasteiger partial charge in [-0.15, -0.1) is 10.2 Å². The molecule has 2 aromatic heterocycles. The first-order valence-corrected chi connectivity index (χ1v) is 7.15. The number of pyridine rings is 1. The smallest absolute Gasteiger partial charge is 0.249 e. The number of hydrogen-bond acceptors (Lipinski definition) is 5. The summed E-state index contributed by atoms with van der Waals surface area (Å²) in [5.41, 5.74) is 0.831. The van der Waals surface area contributed by atoms with Gasteiger partial charge in [0.15, 0.2) is 0 Å². The summed E-state index contributed by atoms with van der Waals surface area (Å²) in [6, 6.07) is 3.74. The van der Waals surface area contributed by atoms with Crippen LogP contribution in [-0.2, 0) is 11.3 Å². The molecular formula is C15H19N3O2. The van der Waals surface area contributed by atoms with E-state index < -0.39 is 0 Å². The van der Waals surface area contributed by atoms with E-state index >= 15 is 0 Å². The molecule has 0 radical (unpaired) electrons. The topological polar surface area (TPSA) is 61.0 Å². The van der Waals surface area contributed by atoms with Crippen molar-refractivity contribution in [2.24, 2.45) is 5.92 Å². The summed E-state index contributed by atoms with van der Waals surface area (Å²) in [5, 5.41) is 8.06. The molecule has 0 amide bonds. The molecule has 3 rings (SSSR count). The fourth-order valence-corrected chi connectivity index (χ4v) is 2.64. The van der Waals surface area contributed by atoms with Gasteiger partial charge in [-0.05, 0) is 30.9 Å². The lowest BCUT2D eigenvalue weighted by atomic mass is 9.89. The number of ether oxygens (including phenoxy) is 1. The first-order valence-electron chi connectivity index (χ1n) is 7.15. The van der Waals surface area contributed by atoms with Crippen molar-refractivity contribution in [3.8, 4) is 11.5 Å². The molecule has 1 fully saturated rings. The summed E-state index contributed by atoms with van der Waals surface area (Å²) in [4.78, 5) is 4.04. The molecule has 0 saturated heterocycles. The van der Waals surface area contributed by atoms with E-state index in [0.29, 0.717) is 24.5 Å². The van der Waals surface area contributed by atoms with Crippen molar-refractivity contribution in [2.45, 2.75) is 45.3 Å². The van der Waals surface area contributed by atoms with Gasteiger partial charge in [0.05, 0.1) is 11.7 Å². The number of aromatic nitrogens is 3. The zero-order valence-corrected chi connectivity index (χ0v) is 11.7. The lowest BCUT2D eigenvalue weighted by Crippen LogP contribution is -2.21. The minimum Gasteiger partial charge on any atom is -0.418 e. The molecule has 0 aliphatic heterocycles. The van der Waals surface area contributed by atoms with E-state index in [2.05, 4.69) is 22.1 Å². The van der Waals surface area contributed by atoms with E-state index in [-0.39, 0.29) is 0 Å². The standard InChI is InChI=1S/C15H19N3O2/c1-11-4-2-6-13(8-11)19-10-14-17-18-15(20-14)12-5-3-7-16-9-12/h3,5,7,9,11,13H,2,4,6,8,10H2,1H3/t11-,13-/m1/s1. The van der Waals surface area contributed by atoms with Gasteiger partial charge in [-0.1, -0.05) is 19.8 Å². The Morgan fingerprint density at radius 3 is 3.10 bits per heavy atom. The Morgan fingerprint density at radius 1 is 1.35 bits per heavy atom. The fraction of sp³-hybridized carbons (Fsp3) is 0.533. The summed E-state index contributed by atoms with van der Waals surface area (Å²) in [6.07, 6.45) is 8.57. The van der Waals surface area contributed by atoms with Gasteiger partial charge in [0.1, 0.15) is 6.61 Å². The SMILES string of the molecule is C[C@@H]1CCC[C@@H](OCc2nnc(-c3cccnc3)o2)C1. The highest BCUT2D eigenvalue weighted by Gasteiger charge is 2.20. The maximum absolute atomic E-state index is 5.88. The van der Waals surface area contributed by atoms with E-state index in [4.69, 9.17) is 9.15 Å². The van der Waals surface area contributed by atoms with Gasteiger partial charge in [-0.3, -0.25) is 4.98 Å². The Kier molecular flexibility index (Phi) is 4.06. The molecule has 20 heavy (non-hydrogen) atoms. The second-order valence-electron chi connectivity index (χ2n) is 5.45. The number of rotatable bonds is 4. The van der Waals surface area contributed by atoms with Crippen molar-refractivity contribution < 1.29 is 9.15 Å². The average molecular weight is 273 g/mol.